The molecule has 0 bridgehead atoms. The molecule has 156 valence electrons. The first-order valence-corrected chi connectivity index (χ1v) is 11.2. The van der Waals surface area contributed by atoms with Crippen molar-refractivity contribution in [1.29, 1.82) is 0 Å². The zero-order valence-electron chi connectivity index (χ0n) is 16.9. The van der Waals surface area contributed by atoms with Crippen LogP contribution in [0.25, 0.3) is 0 Å². The zero-order valence-corrected chi connectivity index (χ0v) is 17.7. The van der Waals surface area contributed by atoms with Crippen LogP contribution in [-0.4, -0.2) is 40.8 Å². The van der Waals surface area contributed by atoms with Gasteiger partial charge in [-0.15, -0.1) is 0 Å². The number of methoxy groups -OCH3 is 2. The third-order valence-electron chi connectivity index (χ3n) is 4.86. The summed E-state index contributed by atoms with van der Waals surface area (Å²) in [7, 11) is -0.281. The molecule has 1 aliphatic heterocycles. The van der Waals surface area contributed by atoms with E-state index in [-0.39, 0.29) is 11.7 Å². The Kier molecular flexibility index (Phi) is 6.32. The van der Waals surface area contributed by atoms with E-state index in [9.17, 15) is 13.2 Å². The van der Waals surface area contributed by atoms with E-state index in [0.29, 0.717) is 41.4 Å². The van der Waals surface area contributed by atoms with Crippen LogP contribution >= 0.6 is 0 Å². The first-order valence-electron chi connectivity index (χ1n) is 9.56. The number of hydrogen-bond acceptors (Lipinski definition) is 5. The monoisotopic (exact) mass is 418 g/mol. The van der Waals surface area contributed by atoms with Gasteiger partial charge in [0.2, 0.25) is 10.0 Å². The van der Waals surface area contributed by atoms with Gasteiger partial charge >= 0.3 is 0 Å². The average Bonchev–Trinajstić information content (AvgIpc) is 2.72. The molecule has 0 spiro atoms. The molecule has 2 aromatic carbocycles. The minimum Gasteiger partial charge on any atom is -0.497 e. The lowest BCUT2D eigenvalue weighted by Crippen LogP contribution is -2.37. The molecule has 0 aliphatic carbocycles. The second kappa shape index (κ2) is 8.73. The highest BCUT2D eigenvalue weighted by Crippen LogP contribution is 2.32. The van der Waals surface area contributed by atoms with Crippen molar-refractivity contribution in [2.75, 3.05) is 36.1 Å². The highest BCUT2D eigenvalue weighted by molar-refractivity contribution is 7.92. The van der Waals surface area contributed by atoms with Gasteiger partial charge in [-0.1, -0.05) is 6.92 Å². The van der Waals surface area contributed by atoms with E-state index in [2.05, 4.69) is 5.32 Å². The van der Waals surface area contributed by atoms with Crippen LogP contribution in [0, 0.1) is 0 Å². The Balaban J connectivity index is 1.84. The molecule has 0 saturated carbocycles. The highest BCUT2D eigenvalue weighted by atomic mass is 32.2. The van der Waals surface area contributed by atoms with Crippen LogP contribution < -0.4 is 19.1 Å². The fourth-order valence-corrected chi connectivity index (χ4v) is 5.10. The molecular formula is C21H26N2O5S. The minimum absolute atomic E-state index is 0.127. The van der Waals surface area contributed by atoms with Crippen LogP contribution in [0.3, 0.4) is 0 Å². The number of anilines is 2. The highest BCUT2D eigenvalue weighted by Gasteiger charge is 2.27. The molecule has 0 unspecified atom stereocenters. The van der Waals surface area contributed by atoms with Gasteiger partial charge in [0.05, 0.1) is 31.2 Å². The molecule has 7 nitrogen and oxygen atoms in total. The van der Waals surface area contributed by atoms with Crippen molar-refractivity contribution in [3.63, 3.8) is 0 Å². The molecule has 1 aliphatic rings. The first kappa shape index (κ1) is 21.0. The quantitative estimate of drug-likeness (QED) is 0.744. The first-order chi connectivity index (χ1) is 13.9. The molecule has 2 aromatic rings. The number of nitrogens with zero attached hydrogens (tertiary/aromatic N) is 1. The van der Waals surface area contributed by atoms with E-state index in [4.69, 9.17) is 9.47 Å². The fraction of sp³-hybridized carbons (Fsp3) is 0.381. The maximum Gasteiger partial charge on any atom is 0.259 e. The number of aryl methyl sites for hydroxylation is 1. The van der Waals surface area contributed by atoms with Crippen LogP contribution in [-0.2, 0) is 16.4 Å². The van der Waals surface area contributed by atoms with Crippen molar-refractivity contribution in [2.45, 2.75) is 26.2 Å². The van der Waals surface area contributed by atoms with Gasteiger partial charge in [0.25, 0.3) is 5.91 Å². The molecule has 0 radical (unpaired) electrons. The second-order valence-corrected chi connectivity index (χ2v) is 8.87. The number of nitrogens with one attached hydrogen (secondary N) is 1. The molecule has 8 heteroatoms. The molecule has 0 fully saturated rings. The maximum absolute atomic E-state index is 12.7. The van der Waals surface area contributed by atoms with Gasteiger partial charge in [0.15, 0.2) is 0 Å². The third kappa shape index (κ3) is 4.48. The molecule has 0 aromatic heterocycles. The number of benzene rings is 2. The smallest absolute Gasteiger partial charge is 0.259 e. The molecule has 0 saturated heterocycles. The second-order valence-electron chi connectivity index (χ2n) is 6.86. The summed E-state index contributed by atoms with van der Waals surface area (Å²) < 4.78 is 37.1. The van der Waals surface area contributed by atoms with Crippen molar-refractivity contribution in [2.24, 2.45) is 0 Å². The van der Waals surface area contributed by atoms with Crippen molar-refractivity contribution in [3.8, 4) is 11.5 Å². The lowest BCUT2D eigenvalue weighted by atomic mass is 10.0. The van der Waals surface area contributed by atoms with Crippen LogP contribution in [0.1, 0.15) is 35.7 Å². The predicted octanol–water partition coefficient (Wildman–Crippen LogP) is 3.45. The number of sulfonamides is 1. The topological polar surface area (TPSA) is 84.9 Å². The number of carbonyl (C=O) groups excluding carboxylic acids is 1. The molecular weight excluding hydrogens is 392 g/mol. The summed E-state index contributed by atoms with van der Waals surface area (Å²) in [6, 6.07) is 10.3. The van der Waals surface area contributed by atoms with E-state index >= 15 is 0 Å². The Morgan fingerprint density at radius 1 is 1.14 bits per heavy atom. The van der Waals surface area contributed by atoms with Crippen molar-refractivity contribution in [3.05, 3.63) is 47.5 Å². The molecule has 0 atom stereocenters. The Labute approximate surface area is 171 Å². The van der Waals surface area contributed by atoms with Crippen LogP contribution in [0.4, 0.5) is 11.4 Å². The predicted molar refractivity (Wildman–Crippen MR) is 114 cm³/mol. The van der Waals surface area contributed by atoms with Crippen molar-refractivity contribution < 1.29 is 22.7 Å². The summed E-state index contributed by atoms with van der Waals surface area (Å²) in [4.78, 5) is 12.7. The maximum atomic E-state index is 12.7. The molecule has 1 N–H and O–H groups in total. The van der Waals surface area contributed by atoms with Crippen LogP contribution in [0.15, 0.2) is 36.4 Å². The van der Waals surface area contributed by atoms with Crippen LogP contribution in [0.2, 0.25) is 0 Å². The fourth-order valence-electron chi connectivity index (χ4n) is 3.48. The number of fused-ring (bicyclic) bond motifs is 1. The SMILES string of the molecule is CCCS(=O)(=O)N1CCCc2cc(NC(=O)c3ccc(OC)cc3OC)ccc21. The number of ether oxygens (including phenoxy) is 2. The largest absolute Gasteiger partial charge is 0.497 e. The van der Waals surface area contributed by atoms with E-state index in [1.165, 1.54) is 11.4 Å². The Morgan fingerprint density at radius 2 is 1.93 bits per heavy atom. The van der Waals surface area contributed by atoms with Gasteiger partial charge in [0.1, 0.15) is 11.5 Å². The van der Waals surface area contributed by atoms with Gasteiger partial charge in [0, 0.05) is 18.3 Å². The van der Waals surface area contributed by atoms with E-state index in [1.807, 2.05) is 13.0 Å². The summed E-state index contributed by atoms with van der Waals surface area (Å²) in [5.41, 5.74) is 2.61. The number of hydrogen-bond donors (Lipinski definition) is 1. The normalized spacial score (nSPS) is 13.6. The Hall–Kier alpha value is -2.74. The third-order valence-corrected chi connectivity index (χ3v) is 6.84. The zero-order chi connectivity index (χ0) is 21.0. The van der Waals surface area contributed by atoms with Crippen molar-refractivity contribution in [1.82, 2.24) is 0 Å². The minimum atomic E-state index is -3.32. The van der Waals surface area contributed by atoms with Crippen molar-refractivity contribution >= 4 is 27.3 Å². The lowest BCUT2D eigenvalue weighted by Gasteiger charge is -2.30. The van der Waals surface area contributed by atoms with E-state index in [1.54, 1.807) is 37.4 Å². The number of rotatable bonds is 7. The average molecular weight is 419 g/mol. The van der Waals surface area contributed by atoms with Gasteiger partial charge in [-0.2, -0.15) is 0 Å². The summed E-state index contributed by atoms with van der Waals surface area (Å²) in [5, 5.41) is 2.87. The van der Waals surface area contributed by atoms with Gasteiger partial charge in [-0.25, -0.2) is 8.42 Å². The molecule has 1 amide bonds. The summed E-state index contributed by atoms with van der Waals surface area (Å²) in [6.45, 7) is 2.35. The Morgan fingerprint density at radius 3 is 2.62 bits per heavy atom. The van der Waals surface area contributed by atoms with Gasteiger partial charge < -0.3 is 14.8 Å². The molecule has 3 rings (SSSR count). The van der Waals surface area contributed by atoms with Gasteiger partial charge in [-0.3, -0.25) is 9.10 Å². The molecule has 29 heavy (non-hydrogen) atoms. The van der Waals surface area contributed by atoms with Crippen LogP contribution in [0.5, 0.6) is 11.5 Å². The Bertz CT molecular complexity index is 1000. The van der Waals surface area contributed by atoms with Gasteiger partial charge in [-0.05, 0) is 55.2 Å². The summed E-state index contributed by atoms with van der Waals surface area (Å²) in [5.74, 6) is 0.829. The van der Waals surface area contributed by atoms with E-state index < -0.39 is 10.0 Å². The summed E-state index contributed by atoms with van der Waals surface area (Å²) in [6.07, 6.45) is 2.09. The summed E-state index contributed by atoms with van der Waals surface area (Å²) >= 11 is 0. The standard InChI is InChI=1S/C21H26N2O5S/c1-4-12-29(25,26)23-11-5-6-15-13-16(7-10-19(15)23)22-21(24)18-9-8-17(27-2)14-20(18)28-3/h7-10,13-14H,4-6,11-12H2,1-3H3,(H,22,24). The lowest BCUT2D eigenvalue weighted by molar-refractivity contribution is 0.102. The van der Waals surface area contributed by atoms with E-state index in [0.717, 1.165) is 18.4 Å². The molecule has 1 heterocycles. The number of carbonyl (C=O) groups is 1. The number of amides is 1.